The molecule has 0 aromatic rings. The van der Waals surface area contributed by atoms with Gasteiger partial charge in [-0.15, -0.1) is 0 Å². The molecule has 82 valence electrons. The van der Waals surface area contributed by atoms with Crippen LogP contribution in [-0.4, -0.2) is 49.1 Å². The monoisotopic (exact) mass is 202 g/mol. The summed E-state index contributed by atoms with van der Waals surface area (Å²) in [5, 5.41) is 11.4. The van der Waals surface area contributed by atoms with Gasteiger partial charge in [0.15, 0.2) is 0 Å². The van der Waals surface area contributed by atoms with Crippen molar-refractivity contribution in [3.05, 3.63) is 0 Å². The standard InChI is InChI=1S/C9H18N2O3/c1-10-7(9(13)14)5-4-6-8(12)11(2)3/h7,10H,4-6H2,1-3H3,(H,13,14)/t7-/m0/s1. The Bertz CT molecular complexity index is 204. The zero-order valence-corrected chi connectivity index (χ0v) is 8.91. The van der Waals surface area contributed by atoms with Crippen LogP contribution in [0.2, 0.25) is 0 Å². The van der Waals surface area contributed by atoms with Gasteiger partial charge in [0, 0.05) is 20.5 Å². The first-order chi connectivity index (χ1) is 6.49. The maximum atomic E-state index is 11.1. The third-order valence-electron chi connectivity index (χ3n) is 2.03. The summed E-state index contributed by atoms with van der Waals surface area (Å²) in [7, 11) is 4.98. The van der Waals surface area contributed by atoms with Gasteiger partial charge in [0.25, 0.3) is 0 Å². The van der Waals surface area contributed by atoms with Crippen LogP contribution < -0.4 is 5.32 Å². The molecule has 1 atom stereocenters. The first-order valence-electron chi connectivity index (χ1n) is 4.59. The molecule has 14 heavy (non-hydrogen) atoms. The minimum Gasteiger partial charge on any atom is -0.480 e. The quantitative estimate of drug-likeness (QED) is 0.632. The van der Waals surface area contributed by atoms with Gasteiger partial charge in [0.05, 0.1) is 0 Å². The molecular weight excluding hydrogens is 184 g/mol. The molecule has 0 aromatic heterocycles. The van der Waals surface area contributed by atoms with Crippen LogP contribution >= 0.6 is 0 Å². The Balaban J connectivity index is 3.72. The van der Waals surface area contributed by atoms with Gasteiger partial charge in [-0.3, -0.25) is 9.59 Å². The number of carbonyl (C=O) groups excluding carboxylic acids is 1. The average molecular weight is 202 g/mol. The average Bonchev–Trinajstić information content (AvgIpc) is 2.11. The highest BCUT2D eigenvalue weighted by molar-refractivity contribution is 5.76. The fraction of sp³-hybridized carbons (Fsp3) is 0.778. The predicted octanol–water partition coefficient (Wildman–Crippen LogP) is -0.0825. The fourth-order valence-electron chi connectivity index (χ4n) is 1.07. The maximum Gasteiger partial charge on any atom is 0.320 e. The molecule has 0 rings (SSSR count). The van der Waals surface area contributed by atoms with E-state index in [9.17, 15) is 9.59 Å². The zero-order chi connectivity index (χ0) is 11.1. The van der Waals surface area contributed by atoms with Crippen LogP contribution in [0.4, 0.5) is 0 Å². The largest absolute Gasteiger partial charge is 0.480 e. The highest BCUT2D eigenvalue weighted by atomic mass is 16.4. The van der Waals surface area contributed by atoms with E-state index in [4.69, 9.17) is 5.11 Å². The summed E-state index contributed by atoms with van der Waals surface area (Å²) in [6, 6.07) is -0.551. The smallest absolute Gasteiger partial charge is 0.320 e. The van der Waals surface area contributed by atoms with Crippen LogP contribution in [0.3, 0.4) is 0 Å². The molecule has 0 radical (unpaired) electrons. The molecular formula is C9H18N2O3. The molecule has 0 bridgehead atoms. The van der Waals surface area contributed by atoms with Gasteiger partial charge >= 0.3 is 5.97 Å². The molecule has 0 fully saturated rings. The minimum absolute atomic E-state index is 0.0326. The molecule has 5 nitrogen and oxygen atoms in total. The van der Waals surface area contributed by atoms with Gasteiger partial charge in [-0.05, 0) is 19.9 Å². The van der Waals surface area contributed by atoms with Gasteiger partial charge in [0.1, 0.15) is 6.04 Å². The molecule has 0 saturated heterocycles. The second-order valence-electron chi connectivity index (χ2n) is 3.36. The van der Waals surface area contributed by atoms with Crippen LogP contribution in [0.1, 0.15) is 19.3 Å². The molecule has 0 spiro atoms. The summed E-state index contributed by atoms with van der Waals surface area (Å²) in [5.74, 6) is -0.838. The van der Waals surface area contributed by atoms with Crippen molar-refractivity contribution in [2.45, 2.75) is 25.3 Å². The number of carbonyl (C=O) groups is 2. The van der Waals surface area contributed by atoms with Gasteiger partial charge < -0.3 is 15.3 Å². The lowest BCUT2D eigenvalue weighted by atomic mass is 10.1. The molecule has 0 aliphatic rings. The normalized spacial score (nSPS) is 12.2. The van der Waals surface area contributed by atoms with Crippen LogP contribution in [-0.2, 0) is 9.59 Å². The predicted molar refractivity (Wildman–Crippen MR) is 53.0 cm³/mol. The van der Waals surface area contributed by atoms with Crippen molar-refractivity contribution >= 4 is 11.9 Å². The molecule has 0 aromatic carbocycles. The number of aliphatic carboxylic acids is 1. The summed E-state index contributed by atoms with van der Waals surface area (Å²) in [5.41, 5.74) is 0. The second-order valence-corrected chi connectivity index (χ2v) is 3.36. The number of carboxylic acids is 1. The Morgan fingerprint density at radius 1 is 1.43 bits per heavy atom. The molecule has 5 heteroatoms. The Hall–Kier alpha value is -1.10. The third kappa shape index (κ3) is 4.81. The van der Waals surface area contributed by atoms with E-state index in [1.165, 1.54) is 4.90 Å². The number of likely N-dealkylation sites (N-methyl/N-ethyl adjacent to an activating group) is 1. The van der Waals surface area contributed by atoms with Gasteiger partial charge in [0.2, 0.25) is 5.91 Å². The van der Waals surface area contributed by atoms with Crippen LogP contribution in [0, 0.1) is 0 Å². The van der Waals surface area contributed by atoms with Crippen LogP contribution in [0.25, 0.3) is 0 Å². The van der Waals surface area contributed by atoms with Crippen molar-refractivity contribution in [1.82, 2.24) is 10.2 Å². The molecule has 2 N–H and O–H groups in total. The van der Waals surface area contributed by atoms with E-state index in [2.05, 4.69) is 5.32 Å². The third-order valence-corrected chi connectivity index (χ3v) is 2.03. The number of rotatable bonds is 6. The lowest BCUT2D eigenvalue weighted by molar-refractivity contribution is -0.139. The number of hydrogen-bond acceptors (Lipinski definition) is 3. The van der Waals surface area contributed by atoms with E-state index in [1.807, 2.05) is 0 Å². The van der Waals surface area contributed by atoms with Crippen molar-refractivity contribution < 1.29 is 14.7 Å². The molecule has 1 amide bonds. The van der Waals surface area contributed by atoms with Crippen LogP contribution in [0.5, 0.6) is 0 Å². The topological polar surface area (TPSA) is 69.6 Å². The van der Waals surface area contributed by atoms with E-state index < -0.39 is 12.0 Å². The highest BCUT2D eigenvalue weighted by Crippen LogP contribution is 2.02. The van der Waals surface area contributed by atoms with Gasteiger partial charge in [-0.1, -0.05) is 0 Å². The molecule has 0 saturated carbocycles. The number of nitrogens with zero attached hydrogens (tertiary/aromatic N) is 1. The molecule has 0 unspecified atom stereocenters. The summed E-state index contributed by atoms with van der Waals surface area (Å²) in [6.07, 6.45) is 1.47. The lowest BCUT2D eigenvalue weighted by Crippen LogP contribution is -2.34. The molecule has 0 heterocycles. The minimum atomic E-state index is -0.871. The van der Waals surface area contributed by atoms with E-state index >= 15 is 0 Å². The maximum absolute atomic E-state index is 11.1. The van der Waals surface area contributed by atoms with Gasteiger partial charge in [-0.2, -0.15) is 0 Å². The SMILES string of the molecule is CN[C@@H](CCCC(=O)N(C)C)C(=O)O. The summed E-state index contributed by atoms with van der Waals surface area (Å²) in [4.78, 5) is 23.2. The second kappa shape index (κ2) is 6.37. The van der Waals surface area contributed by atoms with E-state index in [1.54, 1.807) is 21.1 Å². The van der Waals surface area contributed by atoms with Crippen molar-refractivity contribution in [2.24, 2.45) is 0 Å². The Labute approximate surface area is 84.1 Å². The highest BCUT2D eigenvalue weighted by Gasteiger charge is 2.14. The Morgan fingerprint density at radius 2 is 2.00 bits per heavy atom. The molecule has 0 aliphatic carbocycles. The van der Waals surface area contributed by atoms with Crippen molar-refractivity contribution in [1.29, 1.82) is 0 Å². The number of amides is 1. The first-order valence-corrected chi connectivity index (χ1v) is 4.59. The lowest BCUT2D eigenvalue weighted by Gasteiger charge is -2.12. The van der Waals surface area contributed by atoms with Crippen molar-refractivity contribution in [3.8, 4) is 0 Å². The van der Waals surface area contributed by atoms with E-state index in [0.717, 1.165) is 0 Å². The van der Waals surface area contributed by atoms with E-state index in [0.29, 0.717) is 19.3 Å². The van der Waals surface area contributed by atoms with E-state index in [-0.39, 0.29) is 5.91 Å². The Kier molecular flexibility index (Phi) is 5.87. The Morgan fingerprint density at radius 3 is 2.36 bits per heavy atom. The number of hydrogen-bond donors (Lipinski definition) is 2. The van der Waals surface area contributed by atoms with Gasteiger partial charge in [-0.25, -0.2) is 0 Å². The number of carboxylic acid groups (broad SMARTS) is 1. The summed E-state index contributed by atoms with van der Waals surface area (Å²) >= 11 is 0. The fourth-order valence-corrected chi connectivity index (χ4v) is 1.07. The summed E-state index contributed by atoms with van der Waals surface area (Å²) in [6.45, 7) is 0. The summed E-state index contributed by atoms with van der Waals surface area (Å²) < 4.78 is 0. The van der Waals surface area contributed by atoms with Crippen molar-refractivity contribution in [2.75, 3.05) is 21.1 Å². The zero-order valence-electron chi connectivity index (χ0n) is 8.91. The molecule has 0 aliphatic heterocycles. The first kappa shape index (κ1) is 12.9. The van der Waals surface area contributed by atoms with Crippen molar-refractivity contribution in [3.63, 3.8) is 0 Å². The van der Waals surface area contributed by atoms with Crippen LogP contribution in [0.15, 0.2) is 0 Å². The number of nitrogens with one attached hydrogen (secondary N) is 1.